The first-order valence-corrected chi connectivity index (χ1v) is 5.83. The van der Waals surface area contributed by atoms with E-state index in [1.807, 2.05) is 0 Å². The van der Waals surface area contributed by atoms with Gasteiger partial charge in [0.05, 0.1) is 0 Å². The largest absolute Gasteiger partial charge is 0.330 e. The molecule has 0 radical (unpaired) electrons. The van der Waals surface area contributed by atoms with Crippen molar-refractivity contribution in [1.82, 2.24) is 0 Å². The van der Waals surface area contributed by atoms with Gasteiger partial charge in [0.25, 0.3) is 0 Å². The highest BCUT2D eigenvalue weighted by Gasteiger charge is 2.27. The predicted molar refractivity (Wildman–Crippen MR) is 62.3 cm³/mol. The number of carbonyl (C=O) groups excluding carboxylic acids is 1. The Morgan fingerprint density at radius 3 is 1.95 bits per heavy atom. The summed E-state index contributed by atoms with van der Waals surface area (Å²) in [5.74, 6) is -12.1. The molecule has 0 saturated carbocycles. The van der Waals surface area contributed by atoms with Crippen LogP contribution in [0.5, 0.6) is 0 Å². The topological polar surface area (TPSA) is 55.1 Å². The fourth-order valence-corrected chi connectivity index (χ4v) is 1.52. The van der Waals surface area contributed by atoms with E-state index in [0.29, 0.717) is 19.4 Å². The van der Waals surface area contributed by atoms with Crippen LogP contribution in [0.25, 0.3) is 0 Å². The molecule has 20 heavy (non-hydrogen) atoms. The van der Waals surface area contributed by atoms with Gasteiger partial charge in [-0.25, -0.2) is 22.0 Å². The molecule has 112 valence electrons. The molecule has 3 nitrogen and oxygen atoms in total. The van der Waals surface area contributed by atoms with Crippen LogP contribution >= 0.6 is 0 Å². The molecule has 0 aliphatic carbocycles. The number of halogens is 5. The van der Waals surface area contributed by atoms with Crippen LogP contribution in [0.4, 0.5) is 27.6 Å². The third kappa shape index (κ3) is 3.24. The van der Waals surface area contributed by atoms with E-state index >= 15 is 0 Å². The first-order chi connectivity index (χ1) is 9.31. The van der Waals surface area contributed by atoms with Gasteiger partial charge in [0, 0.05) is 5.92 Å². The average Bonchev–Trinajstić information content (AvgIpc) is 2.44. The molecule has 1 atom stereocenters. The highest BCUT2D eigenvalue weighted by Crippen LogP contribution is 2.27. The molecule has 0 aliphatic heterocycles. The molecule has 0 saturated heterocycles. The van der Waals surface area contributed by atoms with Crippen LogP contribution < -0.4 is 11.1 Å². The standard InChI is InChI=1S/C12H13F5N2O/c1-5(3-2-4-18)12(20)19-11-9(16)7(14)6(13)8(15)10(11)17/h5H,2-4,18H2,1H3,(H,19,20). The lowest BCUT2D eigenvalue weighted by Crippen LogP contribution is -2.23. The first kappa shape index (κ1) is 16.4. The van der Waals surface area contributed by atoms with Gasteiger partial charge < -0.3 is 11.1 Å². The normalized spacial score (nSPS) is 12.3. The van der Waals surface area contributed by atoms with Crippen LogP contribution in [0.3, 0.4) is 0 Å². The number of rotatable bonds is 5. The van der Waals surface area contributed by atoms with Crippen LogP contribution in [0, 0.1) is 35.0 Å². The number of anilines is 1. The van der Waals surface area contributed by atoms with Gasteiger partial charge in [0.1, 0.15) is 5.69 Å². The van der Waals surface area contributed by atoms with Crippen LogP contribution in [0.15, 0.2) is 0 Å². The zero-order valence-corrected chi connectivity index (χ0v) is 10.6. The predicted octanol–water partition coefficient (Wildman–Crippen LogP) is 2.70. The summed E-state index contributed by atoms with van der Waals surface area (Å²) in [6.45, 7) is 1.77. The van der Waals surface area contributed by atoms with Gasteiger partial charge in [0.15, 0.2) is 23.3 Å². The summed E-state index contributed by atoms with van der Waals surface area (Å²) in [6.07, 6.45) is 0.823. The van der Waals surface area contributed by atoms with Crippen molar-refractivity contribution in [2.24, 2.45) is 11.7 Å². The van der Waals surface area contributed by atoms with Crippen molar-refractivity contribution in [3.8, 4) is 0 Å². The van der Waals surface area contributed by atoms with Crippen molar-refractivity contribution >= 4 is 11.6 Å². The number of carbonyl (C=O) groups is 1. The van der Waals surface area contributed by atoms with E-state index in [1.54, 1.807) is 5.32 Å². The molecule has 1 aromatic carbocycles. The fraction of sp³-hybridized carbons (Fsp3) is 0.417. The Balaban J connectivity index is 3.01. The number of amides is 1. The van der Waals surface area contributed by atoms with Crippen LogP contribution in [-0.4, -0.2) is 12.5 Å². The van der Waals surface area contributed by atoms with E-state index in [-0.39, 0.29) is 0 Å². The zero-order valence-electron chi connectivity index (χ0n) is 10.6. The average molecular weight is 296 g/mol. The van der Waals surface area contributed by atoms with Crippen LogP contribution in [0.2, 0.25) is 0 Å². The number of nitrogens with two attached hydrogens (primary N) is 1. The van der Waals surface area contributed by atoms with E-state index in [4.69, 9.17) is 5.73 Å². The smallest absolute Gasteiger partial charge is 0.227 e. The van der Waals surface area contributed by atoms with Crippen molar-refractivity contribution in [1.29, 1.82) is 0 Å². The molecule has 1 amide bonds. The van der Waals surface area contributed by atoms with Crippen molar-refractivity contribution in [3.63, 3.8) is 0 Å². The Labute approximate surface area is 112 Å². The van der Waals surface area contributed by atoms with Gasteiger partial charge in [0.2, 0.25) is 11.7 Å². The van der Waals surface area contributed by atoms with E-state index in [9.17, 15) is 26.7 Å². The Morgan fingerprint density at radius 1 is 1.05 bits per heavy atom. The summed E-state index contributed by atoms with van der Waals surface area (Å²) in [7, 11) is 0. The third-order valence-electron chi connectivity index (χ3n) is 2.75. The fourth-order valence-electron chi connectivity index (χ4n) is 1.52. The second-order valence-corrected chi connectivity index (χ2v) is 4.27. The maximum absolute atomic E-state index is 13.3. The minimum Gasteiger partial charge on any atom is -0.330 e. The molecule has 8 heteroatoms. The zero-order chi connectivity index (χ0) is 15.4. The lowest BCUT2D eigenvalue weighted by Gasteiger charge is -2.13. The van der Waals surface area contributed by atoms with Crippen LogP contribution in [-0.2, 0) is 4.79 Å². The lowest BCUT2D eigenvalue weighted by atomic mass is 10.0. The molecule has 0 fully saturated rings. The molecule has 0 aromatic heterocycles. The number of hydrogen-bond acceptors (Lipinski definition) is 2. The van der Waals surface area contributed by atoms with Gasteiger partial charge in [-0.3, -0.25) is 4.79 Å². The molecular weight excluding hydrogens is 283 g/mol. The van der Waals surface area contributed by atoms with Crippen molar-refractivity contribution in [2.45, 2.75) is 19.8 Å². The van der Waals surface area contributed by atoms with Crippen molar-refractivity contribution in [2.75, 3.05) is 11.9 Å². The molecule has 0 spiro atoms. The van der Waals surface area contributed by atoms with Crippen LogP contribution in [0.1, 0.15) is 19.8 Å². The number of benzene rings is 1. The van der Waals surface area contributed by atoms with Gasteiger partial charge in [-0.15, -0.1) is 0 Å². The third-order valence-corrected chi connectivity index (χ3v) is 2.75. The SMILES string of the molecule is CC(CCCN)C(=O)Nc1c(F)c(F)c(F)c(F)c1F. The second kappa shape index (κ2) is 6.65. The molecule has 0 aliphatic rings. The summed E-state index contributed by atoms with van der Waals surface area (Å²) in [5.41, 5.74) is 3.90. The first-order valence-electron chi connectivity index (χ1n) is 5.83. The Hall–Kier alpha value is -1.70. The molecule has 1 rings (SSSR count). The van der Waals surface area contributed by atoms with E-state index in [1.165, 1.54) is 6.92 Å². The Bertz CT molecular complexity index is 492. The Morgan fingerprint density at radius 2 is 1.50 bits per heavy atom. The maximum Gasteiger partial charge on any atom is 0.227 e. The van der Waals surface area contributed by atoms with Gasteiger partial charge >= 0.3 is 0 Å². The van der Waals surface area contributed by atoms with Gasteiger partial charge in [-0.05, 0) is 19.4 Å². The number of nitrogens with one attached hydrogen (secondary N) is 1. The summed E-state index contributed by atoms with van der Waals surface area (Å²) in [5, 5.41) is 1.72. The van der Waals surface area contributed by atoms with E-state index in [2.05, 4.69) is 0 Å². The summed E-state index contributed by atoms with van der Waals surface area (Å²) in [6, 6.07) is 0. The highest BCUT2D eigenvalue weighted by atomic mass is 19.2. The van der Waals surface area contributed by atoms with E-state index in [0.717, 1.165) is 0 Å². The Kier molecular flexibility index (Phi) is 5.43. The molecule has 1 unspecified atom stereocenters. The lowest BCUT2D eigenvalue weighted by molar-refractivity contribution is -0.119. The minimum absolute atomic E-state index is 0.320. The monoisotopic (exact) mass is 296 g/mol. The minimum atomic E-state index is -2.27. The van der Waals surface area contributed by atoms with E-state index < -0.39 is 46.6 Å². The molecule has 3 N–H and O–H groups in total. The second-order valence-electron chi connectivity index (χ2n) is 4.27. The summed E-state index contributed by atoms with van der Waals surface area (Å²) >= 11 is 0. The summed E-state index contributed by atoms with van der Waals surface area (Å²) in [4.78, 5) is 11.6. The molecule has 1 aromatic rings. The molecular formula is C12H13F5N2O. The van der Waals surface area contributed by atoms with Crippen molar-refractivity contribution < 1.29 is 26.7 Å². The van der Waals surface area contributed by atoms with Gasteiger partial charge in [-0.1, -0.05) is 6.92 Å². The highest BCUT2D eigenvalue weighted by molar-refractivity contribution is 5.92. The number of hydrogen-bond donors (Lipinski definition) is 2. The quantitative estimate of drug-likeness (QED) is 0.498. The summed E-state index contributed by atoms with van der Waals surface area (Å²) < 4.78 is 65.3. The maximum atomic E-state index is 13.3. The molecule has 0 heterocycles. The van der Waals surface area contributed by atoms with Gasteiger partial charge in [-0.2, -0.15) is 0 Å². The van der Waals surface area contributed by atoms with Crippen molar-refractivity contribution in [3.05, 3.63) is 29.1 Å². The molecule has 0 bridgehead atoms.